The number of carbonyl (C=O) groups is 3. The van der Waals surface area contributed by atoms with Crippen LogP contribution in [0.4, 0.5) is 10.8 Å². The van der Waals surface area contributed by atoms with Crippen molar-refractivity contribution in [3.8, 4) is 22.8 Å². The van der Waals surface area contributed by atoms with E-state index in [1.165, 1.54) is 37.3 Å². The number of ether oxygens (including phenoxy) is 2. The molecule has 3 amide bonds. The van der Waals surface area contributed by atoms with Gasteiger partial charge in [0.2, 0.25) is 5.91 Å². The molecule has 1 unspecified atom stereocenters. The summed E-state index contributed by atoms with van der Waals surface area (Å²) in [4.78, 5) is 45.9. The van der Waals surface area contributed by atoms with Gasteiger partial charge >= 0.3 is 0 Å². The standard InChI is InChI=1S/C41H33ClN4O5S2/c1-50-35-22-13-26(24-36(35)51-2)23-33(44-38(47)29-11-7-4-8-12-29)39(48)43-31-18-20-32(21-19-31)53-37(28-9-5-3-6-10-28)40(49)46-41-45-34(25-52-41)27-14-16-30(42)17-15-27/h3-25,37H,1-2H3,(H,43,48)(H,44,47)(H,45,46,49)/b33-23-. The minimum atomic E-state index is -0.594. The molecule has 9 nitrogen and oxygen atoms in total. The second-order valence-corrected chi connectivity index (χ2v) is 13.9. The molecule has 0 spiro atoms. The zero-order chi connectivity index (χ0) is 37.2. The van der Waals surface area contributed by atoms with Crippen molar-refractivity contribution >= 4 is 69.3 Å². The van der Waals surface area contributed by atoms with Gasteiger partial charge in [-0.1, -0.05) is 78.3 Å². The maximum absolute atomic E-state index is 13.7. The number of anilines is 2. The van der Waals surface area contributed by atoms with Crippen molar-refractivity contribution in [2.45, 2.75) is 10.1 Å². The number of halogens is 1. The lowest BCUT2D eigenvalue weighted by Gasteiger charge is -2.17. The number of thiazole rings is 1. The first-order valence-corrected chi connectivity index (χ1v) is 18.4. The van der Waals surface area contributed by atoms with Crippen molar-refractivity contribution in [3.63, 3.8) is 0 Å². The van der Waals surface area contributed by atoms with Crippen LogP contribution in [-0.2, 0) is 9.59 Å². The van der Waals surface area contributed by atoms with Crippen LogP contribution in [0.25, 0.3) is 17.3 Å². The summed E-state index contributed by atoms with van der Waals surface area (Å²) in [7, 11) is 3.06. The molecule has 0 radical (unpaired) electrons. The lowest BCUT2D eigenvalue weighted by atomic mass is 10.1. The highest BCUT2D eigenvalue weighted by molar-refractivity contribution is 8.00. The van der Waals surface area contributed by atoms with Crippen molar-refractivity contribution in [3.05, 3.63) is 160 Å². The van der Waals surface area contributed by atoms with Gasteiger partial charge in [-0.15, -0.1) is 23.1 Å². The Bertz CT molecular complexity index is 2230. The average Bonchev–Trinajstić information content (AvgIpc) is 3.66. The van der Waals surface area contributed by atoms with Crippen molar-refractivity contribution < 1.29 is 23.9 Å². The van der Waals surface area contributed by atoms with E-state index in [0.29, 0.717) is 38.5 Å². The number of carbonyl (C=O) groups excluding carboxylic acids is 3. The molecule has 0 saturated heterocycles. The number of nitrogens with zero attached hydrogens (tertiary/aromatic N) is 1. The molecule has 6 rings (SSSR count). The van der Waals surface area contributed by atoms with Crippen LogP contribution in [0.3, 0.4) is 0 Å². The first kappa shape index (κ1) is 36.9. The van der Waals surface area contributed by atoms with E-state index in [1.807, 2.05) is 60.0 Å². The summed E-state index contributed by atoms with van der Waals surface area (Å²) in [6, 6.07) is 37.8. The van der Waals surface area contributed by atoms with Gasteiger partial charge in [0, 0.05) is 32.1 Å². The largest absolute Gasteiger partial charge is 0.493 e. The van der Waals surface area contributed by atoms with Crippen molar-refractivity contribution in [1.82, 2.24) is 10.3 Å². The maximum atomic E-state index is 13.7. The van der Waals surface area contributed by atoms with Gasteiger partial charge in [0.05, 0.1) is 19.9 Å². The molecule has 0 aliphatic heterocycles. The fraction of sp³-hybridized carbons (Fsp3) is 0.0732. The molecule has 1 atom stereocenters. The molecule has 0 saturated carbocycles. The van der Waals surface area contributed by atoms with Crippen molar-refractivity contribution in [1.29, 1.82) is 0 Å². The number of rotatable bonds is 13. The van der Waals surface area contributed by atoms with Gasteiger partial charge in [0.15, 0.2) is 16.6 Å². The number of thioether (sulfide) groups is 1. The van der Waals surface area contributed by atoms with Crippen LogP contribution in [0.5, 0.6) is 11.5 Å². The number of nitrogens with one attached hydrogen (secondary N) is 3. The molecule has 0 fully saturated rings. The quantitative estimate of drug-likeness (QED) is 0.0793. The molecule has 1 aromatic heterocycles. The smallest absolute Gasteiger partial charge is 0.272 e. The van der Waals surface area contributed by atoms with E-state index in [0.717, 1.165) is 21.7 Å². The Balaban J connectivity index is 1.18. The van der Waals surface area contributed by atoms with E-state index in [-0.39, 0.29) is 11.6 Å². The highest BCUT2D eigenvalue weighted by atomic mass is 35.5. The van der Waals surface area contributed by atoms with Gasteiger partial charge in [-0.25, -0.2) is 4.98 Å². The number of methoxy groups -OCH3 is 2. The number of benzene rings is 5. The van der Waals surface area contributed by atoms with Crippen LogP contribution in [0.15, 0.2) is 143 Å². The first-order valence-electron chi connectivity index (χ1n) is 16.2. The number of hydrogen-bond donors (Lipinski definition) is 3. The summed E-state index contributed by atoms with van der Waals surface area (Å²) in [5.41, 5.74) is 3.97. The van der Waals surface area contributed by atoms with Gasteiger partial charge < -0.3 is 25.4 Å². The van der Waals surface area contributed by atoms with Crippen LogP contribution in [-0.4, -0.2) is 36.9 Å². The highest BCUT2D eigenvalue weighted by Crippen LogP contribution is 2.37. The number of amides is 3. The predicted octanol–water partition coefficient (Wildman–Crippen LogP) is 9.36. The van der Waals surface area contributed by atoms with Crippen LogP contribution in [0, 0.1) is 0 Å². The van der Waals surface area contributed by atoms with E-state index >= 15 is 0 Å². The van der Waals surface area contributed by atoms with Gasteiger partial charge in [-0.05, 0) is 77.9 Å². The Morgan fingerprint density at radius 1 is 0.792 bits per heavy atom. The summed E-state index contributed by atoms with van der Waals surface area (Å²) in [6.45, 7) is 0. The Kier molecular flexibility index (Phi) is 12.2. The Morgan fingerprint density at radius 2 is 1.47 bits per heavy atom. The summed E-state index contributed by atoms with van der Waals surface area (Å²) >= 11 is 8.75. The third kappa shape index (κ3) is 9.72. The van der Waals surface area contributed by atoms with Gasteiger partial charge in [-0.3, -0.25) is 14.4 Å². The molecule has 3 N–H and O–H groups in total. The molecule has 53 heavy (non-hydrogen) atoms. The molecular weight excluding hydrogens is 728 g/mol. The molecule has 12 heteroatoms. The Hall–Kier alpha value is -5.88. The van der Waals surface area contributed by atoms with Crippen LogP contribution < -0.4 is 25.4 Å². The number of hydrogen-bond acceptors (Lipinski definition) is 8. The third-order valence-electron chi connectivity index (χ3n) is 7.83. The molecule has 6 aromatic rings. The van der Waals surface area contributed by atoms with E-state index in [4.69, 9.17) is 21.1 Å². The SMILES string of the molecule is COc1ccc(/C=C(\NC(=O)c2ccccc2)C(=O)Nc2ccc(SC(C(=O)Nc3nc(-c4ccc(Cl)cc4)cs3)c3ccccc3)cc2)cc1OC. The normalized spacial score (nSPS) is 11.6. The van der Waals surface area contributed by atoms with Crippen LogP contribution >= 0.6 is 34.7 Å². The summed E-state index contributed by atoms with van der Waals surface area (Å²) in [5.74, 6) is -0.203. The van der Waals surface area contributed by atoms with Crippen molar-refractivity contribution in [2.24, 2.45) is 0 Å². The summed E-state index contributed by atoms with van der Waals surface area (Å²) < 4.78 is 10.8. The summed E-state index contributed by atoms with van der Waals surface area (Å²) in [6.07, 6.45) is 1.56. The summed E-state index contributed by atoms with van der Waals surface area (Å²) in [5, 5.41) is 11.0. The molecule has 266 valence electrons. The van der Waals surface area contributed by atoms with Crippen LogP contribution in [0.1, 0.15) is 26.7 Å². The second-order valence-electron chi connectivity index (χ2n) is 11.4. The maximum Gasteiger partial charge on any atom is 0.272 e. The minimum absolute atomic E-state index is 0.0201. The van der Waals surface area contributed by atoms with E-state index in [2.05, 4.69) is 20.9 Å². The zero-order valence-electron chi connectivity index (χ0n) is 28.5. The molecular formula is C41H33ClN4O5S2. The van der Waals surface area contributed by atoms with Gasteiger partial charge in [0.1, 0.15) is 10.9 Å². The average molecular weight is 761 g/mol. The highest BCUT2D eigenvalue weighted by Gasteiger charge is 2.24. The fourth-order valence-electron chi connectivity index (χ4n) is 5.16. The molecule has 0 bridgehead atoms. The Labute approximate surface area is 320 Å². The van der Waals surface area contributed by atoms with E-state index < -0.39 is 17.1 Å². The Morgan fingerprint density at radius 3 is 2.15 bits per heavy atom. The monoisotopic (exact) mass is 760 g/mol. The van der Waals surface area contributed by atoms with Crippen LogP contribution in [0.2, 0.25) is 5.02 Å². The third-order valence-corrected chi connectivity index (χ3v) is 10.1. The molecule has 0 aliphatic rings. The topological polar surface area (TPSA) is 119 Å². The molecule has 5 aromatic carbocycles. The van der Waals surface area contributed by atoms with E-state index in [1.54, 1.807) is 78.9 Å². The molecule has 1 heterocycles. The first-order chi connectivity index (χ1) is 25.8. The fourth-order valence-corrected chi connectivity index (χ4v) is 7.03. The number of aromatic nitrogens is 1. The van der Waals surface area contributed by atoms with E-state index in [9.17, 15) is 14.4 Å². The predicted molar refractivity (Wildman–Crippen MR) is 213 cm³/mol. The van der Waals surface area contributed by atoms with Gasteiger partial charge in [0.25, 0.3) is 11.8 Å². The lowest BCUT2D eigenvalue weighted by molar-refractivity contribution is -0.116. The minimum Gasteiger partial charge on any atom is -0.493 e. The lowest BCUT2D eigenvalue weighted by Crippen LogP contribution is -2.30. The van der Waals surface area contributed by atoms with Gasteiger partial charge in [-0.2, -0.15) is 0 Å². The zero-order valence-corrected chi connectivity index (χ0v) is 30.9. The molecule has 0 aliphatic carbocycles. The van der Waals surface area contributed by atoms with Crippen molar-refractivity contribution in [2.75, 3.05) is 24.9 Å². The second kappa shape index (κ2) is 17.6.